The van der Waals surface area contributed by atoms with Gasteiger partial charge in [-0.3, -0.25) is 0 Å². The zero-order chi connectivity index (χ0) is 21.7. The number of aliphatic carboxylic acids is 1. The van der Waals surface area contributed by atoms with Crippen LogP contribution in [0.4, 0.5) is 5.69 Å². The van der Waals surface area contributed by atoms with Gasteiger partial charge in [0, 0.05) is 18.3 Å². The fourth-order valence-electron chi connectivity index (χ4n) is 3.48. The van der Waals surface area contributed by atoms with Gasteiger partial charge in [-0.15, -0.1) is 0 Å². The summed E-state index contributed by atoms with van der Waals surface area (Å²) < 4.78 is 0. The molecule has 168 valence electrons. The van der Waals surface area contributed by atoms with E-state index in [1.54, 1.807) is 6.08 Å². The number of hydrogen-bond donors (Lipinski definition) is 2. The molecule has 0 bridgehead atoms. The van der Waals surface area contributed by atoms with Crippen molar-refractivity contribution in [3.8, 4) is 0 Å². The molecule has 1 rings (SSSR count). The number of nitrogens with one attached hydrogen (secondary N) is 1. The lowest BCUT2D eigenvalue weighted by Crippen LogP contribution is -2.01. The quantitative estimate of drug-likeness (QED) is 0.136. The second kappa shape index (κ2) is 19.0. The van der Waals surface area contributed by atoms with Gasteiger partial charge in [0.05, 0.1) is 0 Å². The standard InChI is InChI=1S/C27H43NO2/c1-2-3-4-5-6-7-8-9-10-11-12-13-14-15-16-17-24-28-26-21-18-25(19-22-26)20-23-27(29)30/h9-10,18-23,28H,2-8,11-17,24H2,1H3,(H,29,30). The summed E-state index contributed by atoms with van der Waals surface area (Å²) in [6.45, 7) is 3.26. The summed E-state index contributed by atoms with van der Waals surface area (Å²) in [5.41, 5.74) is 2.00. The number of hydrogen-bond acceptors (Lipinski definition) is 2. The molecule has 3 heteroatoms. The van der Waals surface area contributed by atoms with Crippen LogP contribution in [0.1, 0.15) is 102 Å². The Morgan fingerprint density at radius 2 is 1.33 bits per heavy atom. The molecule has 3 nitrogen and oxygen atoms in total. The molecule has 0 fully saturated rings. The van der Waals surface area contributed by atoms with Gasteiger partial charge in [-0.05, 0) is 55.9 Å². The van der Waals surface area contributed by atoms with Crippen LogP contribution in [-0.2, 0) is 4.79 Å². The zero-order valence-corrected chi connectivity index (χ0v) is 19.1. The van der Waals surface area contributed by atoms with Crippen LogP contribution in [0.2, 0.25) is 0 Å². The summed E-state index contributed by atoms with van der Waals surface area (Å²) in [7, 11) is 0. The molecule has 1 aromatic rings. The molecule has 0 aliphatic carbocycles. The third-order valence-electron chi connectivity index (χ3n) is 5.35. The number of benzene rings is 1. The van der Waals surface area contributed by atoms with Gasteiger partial charge in [-0.25, -0.2) is 4.79 Å². The van der Waals surface area contributed by atoms with Crippen LogP contribution >= 0.6 is 0 Å². The number of rotatable bonds is 19. The van der Waals surface area contributed by atoms with E-state index in [0.29, 0.717) is 0 Å². The van der Waals surface area contributed by atoms with Crippen LogP contribution < -0.4 is 5.32 Å². The summed E-state index contributed by atoms with van der Waals surface area (Å²) in [6, 6.07) is 7.87. The largest absolute Gasteiger partial charge is 0.478 e. The highest BCUT2D eigenvalue weighted by molar-refractivity contribution is 5.85. The average molecular weight is 414 g/mol. The predicted molar refractivity (Wildman–Crippen MR) is 131 cm³/mol. The summed E-state index contributed by atoms with van der Waals surface area (Å²) in [4.78, 5) is 10.5. The van der Waals surface area contributed by atoms with Gasteiger partial charge >= 0.3 is 5.97 Å². The molecule has 0 heterocycles. The first-order valence-corrected chi connectivity index (χ1v) is 12.1. The number of unbranched alkanes of at least 4 members (excludes halogenated alkanes) is 12. The van der Waals surface area contributed by atoms with Gasteiger partial charge in [-0.2, -0.15) is 0 Å². The van der Waals surface area contributed by atoms with Crippen molar-refractivity contribution in [3.63, 3.8) is 0 Å². The molecular formula is C27H43NO2. The Labute approximate surface area is 184 Å². The molecule has 30 heavy (non-hydrogen) atoms. The number of carbonyl (C=O) groups is 1. The van der Waals surface area contributed by atoms with Gasteiger partial charge in [0.1, 0.15) is 0 Å². The zero-order valence-electron chi connectivity index (χ0n) is 19.1. The van der Waals surface area contributed by atoms with Crippen LogP contribution in [-0.4, -0.2) is 17.6 Å². The van der Waals surface area contributed by atoms with Gasteiger partial charge in [0.15, 0.2) is 0 Å². The summed E-state index contributed by atoms with van der Waals surface area (Å²) in [6.07, 6.45) is 26.2. The Kier molecular flexibility index (Phi) is 16.4. The lowest BCUT2D eigenvalue weighted by Gasteiger charge is -2.06. The summed E-state index contributed by atoms with van der Waals surface area (Å²) in [5, 5.41) is 12.1. The molecule has 0 spiro atoms. The molecule has 1 aromatic carbocycles. The Morgan fingerprint density at radius 1 is 0.800 bits per heavy atom. The topological polar surface area (TPSA) is 49.3 Å². The number of carboxylic acids is 1. The highest BCUT2D eigenvalue weighted by atomic mass is 16.4. The second-order valence-corrected chi connectivity index (χ2v) is 8.16. The van der Waals surface area contributed by atoms with Crippen molar-refractivity contribution >= 4 is 17.7 Å². The minimum atomic E-state index is -0.919. The van der Waals surface area contributed by atoms with Gasteiger partial charge in [0.2, 0.25) is 0 Å². The monoisotopic (exact) mass is 413 g/mol. The van der Waals surface area contributed by atoms with Crippen molar-refractivity contribution in [3.05, 3.63) is 48.1 Å². The maximum absolute atomic E-state index is 10.5. The lowest BCUT2D eigenvalue weighted by atomic mass is 10.1. The molecule has 0 aliphatic heterocycles. The first-order chi connectivity index (χ1) is 14.7. The van der Waals surface area contributed by atoms with Crippen molar-refractivity contribution in [1.29, 1.82) is 0 Å². The number of allylic oxidation sites excluding steroid dienone is 2. The molecule has 0 radical (unpaired) electrons. The second-order valence-electron chi connectivity index (χ2n) is 8.16. The Balaban J connectivity index is 1.88. The Hall–Kier alpha value is -2.03. The fraction of sp³-hybridized carbons (Fsp3) is 0.593. The van der Waals surface area contributed by atoms with E-state index in [-0.39, 0.29) is 0 Å². The molecular weight excluding hydrogens is 370 g/mol. The van der Waals surface area contributed by atoms with Gasteiger partial charge in [0.25, 0.3) is 0 Å². The molecule has 0 amide bonds. The first kappa shape index (κ1) is 26.0. The van der Waals surface area contributed by atoms with Crippen LogP contribution in [0.3, 0.4) is 0 Å². The molecule has 0 unspecified atom stereocenters. The molecule has 2 N–H and O–H groups in total. The van der Waals surface area contributed by atoms with E-state index in [2.05, 4.69) is 24.4 Å². The van der Waals surface area contributed by atoms with E-state index in [4.69, 9.17) is 5.11 Å². The Morgan fingerprint density at radius 3 is 1.90 bits per heavy atom. The van der Waals surface area contributed by atoms with Crippen molar-refractivity contribution in [2.45, 2.75) is 96.8 Å². The highest BCUT2D eigenvalue weighted by Crippen LogP contribution is 2.12. The maximum Gasteiger partial charge on any atom is 0.328 e. The minimum absolute atomic E-state index is 0.903. The van der Waals surface area contributed by atoms with E-state index < -0.39 is 5.97 Å². The number of anilines is 1. The molecule has 0 aromatic heterocycles. The van der Waals surface area contributed by atoms with Crippen LogP contribution in [0.25, 0.3) is 6.08 Å². The summed E-state index contributed by atoms with van der Waals surface area (Å²) >= 11 is 0. The Bertz CT molecular complexity index is 589. The predicted octanol–water partition coefficient (Wildman–Crippen LogP) is 8.23. The first-order valence-electron chi connectivity index (χ1n) is 12.1. The van der Waals surface area contributed by atoms with Gasteiger partial charge in [-0.1, -0.05) is 89.0 Å². The van der Waals surface area contributed by atoms with Crippen LogP contribution in [0.5, 0.6) is 0 Å². The number of carboxylic acid groups (broad SMARTS) is 1. The average Bonchev–Trinajstić information content (AvgIpc) is 2.75. The van der Waals surface area contributed by atoms with Crippen molar-refractivity contribution < 1.29 is 9.90 Å². The maximum atomic E-state index is 10.5. The summed E-state index contributed by atoms with van der Waals surface area (Å²) in [5.74, 6) is -0.919. The van der Waals surface area contributed by atoms with Crippen molar-refractivity contribution in [2.75, 3.05) is 11.9 Å². The van der Waals surface area contributed by atoms with E-state index in [1.807, 2.05) is 24.3 Å². The molecule has 0 saturated heterocycles. The lowest BCUT2D eigenvalue weighted by molar-refractivity contribution is -0.131. The smallest absolute Gasteiger partial charge is 0.328 e. The van der Waals surface area contributed by atoms with Crippen LogP contribution in [0, 0.1) is 0 Å². The van der Waals surface area contributed by atoms with E-state index in [9.17, 15) is 4.79 Å². The molecule has 0 aliphatic rings. The van der Waals surface area contributed by atoms with E-state index in [0.717, 1.165) is 23.9 Å². The third kappa shape index (κ3) is 15.8. The fourth-order valence-corrected chi connectivity index (χ4v) is 3.48. The third-order valence-corrected chi connectivity index (χ3v) is 5.35. The molecule has 0 atom stereocenters. The van der Waals surface area contributed by atoms with Crippen molar-refractivity contribution in [1.82, 2.24) is 0 Å². The van der Waals surface area contributed by atoms with Crippen LogP contribution in [0.15, 0.2) is 42.5 Å². The van der Waals surface area contributed by atoms with Gasteiger partial charge < -0.3 is 10.4 Å². The normalized spacial score (nSPS) is 11.5. The minimum Gasteiger partial charge on any atom is -0.478 e. The highest BCUT2D eigenvalue weighted by Gasteiger charge is 1.95. The molecule has 0 saturated carbocycles. The van der Waals surface area contributed by atoms with E-state index in [1.165, 1.54) is 89.9 Å². The SMILES string of the molecule is CCCCCCCCC=CCCCCCCCCNc1ccc(C=CC(=O)O)cc1. The van der Waals surface area contributed by atoms with Crippen molar-refractivity contribution in [2.24, 2.45) is 0 Å². The van der Waals surface area contributed by atoms with E-state index >= 15 is 0 Å².